The van der Waals surface area contributed by atoms with E-state index in [4.69, 9.17) is 4.74 Å². The third-order valence-electron chi connectivity index (χ3n) is 6.70. The number of nitrogens with zero attached hydrogens (tertiary/aromatic N) is 5. The summed E-state index contributed by atoms with van der Waals surface area (Å²) in [6.07, 6.45) is -0.404. The van der Waals surface area contributed by atoms with Crippen molar-refractivity contribution in [2.75, 3.05) is 6.61 Å². The van der Waals surface area contributed by atoms with Crippen LogP contribution in [-0.2, 0) is 16.5 Å². The molecule has 0 radical (unpaired) electrons. The number of hydrogen-bond acceptors (Lipinski definition) is 6. The zero-order valence-corrected chi connectivity index (χ0v) is 22.2. The van der Waals surface area contributed by atoms with Crippen molar-refractivity contribution in [3.8, 4) is 39.8 Å². The molecule has 0 amide bonds. The minimum absolute atomic E-state index is 0.0297. The number of aliphatic carboxylic acids is 1. The summed E-state index contributed by atoms with van der Waals surface area (Å²) in [6, 6.07) is 9.77. The van der Waals surface area contributed by atoms with E-state index in [0.29, 0.717) is 6.42 Å². The number of fused-ring (bicyclic) bond motifs is 1. The van der Waals surface area contributed by atoms with Gasteiger partial charge in [-0.2, -0.15) is 18.3 Å². The van der Waals surface area contributed by atoms with Crippen LogP contribution in [0.2, 0.25) is 0 Å². The molecule has 0 saturated heterocycles. The van der Waals surface area contributed by atoms with Crippen LogP contribution in [0.3, 0.4) is 0 Å². The molecule has 13 heteroatoms. The summed E-state index contributed by atoms with van der Waals surface area (Å²) in [4.78, 5) is 25.1. The highest BCUT2D eigenvalue weighted by Gasteiger charge is 2.40. The summed E-state index contributed by atoms with van der Waals surface area (Å²) in [6.45, 7) is 3.42. The van der Waals surface area contributed by atoms with Gasteiger partial charge >= 0.3 is 12.1 Å². The number of carboxylic acids is 1. The van der Waals surface area contributed by atoms with Crippen molar-refractivity contribution in [3.05, 3.63) is 89.9 Å². The van der Waals surface area contributed by atoms with Crippen molar-refractivity contribution in [2.45, 2.75) is 32.0 Å². The third kappa shape index (κ3) is 5.13. The number of rotatable bonds is 8. The van der Waals surface area contributed by atoms with E-state index in [1.165, 1.54) is 55.7 Å². The third-order valence-corrected chi connectivity index (χ3v) is 6.70. The number of benzene rings is 2. The number of pyridine rings is 1. The van der Waals surface area contributed by atoms with Gasteiger partial charge < -0.3 is 9.84 Å². The summed E-state index contributed by atoms with van der Waals surface area (Å²) in [5, 5.41) is 14.4. The second-order valence-corrected chi connectivity index (χ2v) is 9.50. The molecule has 3 aromatic rings. The summed E-state index contributed by atoms with van der Waals surface area (Å²) in [5.74, 6) is -3.60. The molecular formula is C29H22F5N5O3. The number of carboxylic acid groups (broad SMARTS) is 1. The average Bonchev–Trinajstić information content (AvgIpc) is 3.40. The molecule has 3 heterocycles. The van der Waals surface area contributed by atoms with Gasteiger partial charge in [-0.1, -0.05) is 19.1 Å². The summed E-state index contributed by atoms with van der Waals surface area (Å²) >= 11 is 0. The minimum Gasteiger partial charge on any atom is -0.494 e. The fraction of sp³-hybridized carbons (Fsp3) is 0.207. The standard InChI is InChI=1S/C29H22F5N5O3/c1-3-11-42-17-8-9-18(20(12-17)29(32,33)34)22-10-7-16(13-35-22)28(2,27(40)41)39-15-24-23(14-36-39)37-26(38-24)19-5-4-6-21(30)25(19)31/h4-10,12-15H,3,11H2,1-2H3,(H,40,41). The molecule has 216 valence electrons. The quantitative estimate of drug-likeness (QED) is 0.210. The fourth-order valence-corrected chi connectivity index (χ4v) is 4.35. The number of carbonyl (C=O) groups is 1. The summed E-state index contributed by atoms with van der Waals surface area (Å²) < 4.78 is 76.1. The molecule has 1 atom stereocenters. The number of hydrogen-bond donors (Lipinski definition) is 1. The molecule has 42 heavy (non-hydrogen) atoms. The highest BCUT2D eigenvalue weighted by molar-refractivity contribution is 5.81. The lowest BCUT2D eigenvalue weighted by molar-refractivity contribution is -0.145. The highest BCUT2D eigenvalue weighted by atomic mass is 19.4. The largest absolute Gasteiger partial charge is 0.494 e. The Morgan fingerprint density at radius 3 is 2.40 bits per heavy atom. The van der Waals surface area contributed by atoms with E-state index >= 15 is 0 Å². The molecule has 1 N–H and O–H groups in total. The zero-order valence-electron chi connectivity index (χ0n) is 22.2. The first-order valence-electron chi connectivity index (χ1n) is 12.6. The van der Waals surface area contributed by atoms with Gasteiger partial charge in [0, 0.05) is 17.3 Å². The monoisotopic (exact) mass is 583 g/mol. The Morgan fingerprint density at radius 2 is 1.74 bits per heavy atom. The van der Waals surface area contributed by atoms with Gasteiger partial charge in [0.25, 0.3) is 0 Å². The number of alkyl halides is 3. The van der Waals surface area contributed by atoms with E-state index in [1.54, 1.807) is 0 Å². The van der Waals surface area contributed by atoms with Crippen LogP contribution in [0.25, 0.3) is 34.0 Å². The average molecular weight is 584 g/mol. The molecule has 2 aliphatic rings. The second kappa shape index (κ2) is 10.8. The Morgan fingerprint density at radius 1 is 0.976 bits per heavy atom. The zero-order chi connectivity index (χ0) is 30.2. The van der Waals surface area contributed by atoms with Gasteiger partial charge in [0.15, 0.2) is 23.0 Å². The smallest absolute Gasteiger partial charge is 0.417 e. The Bertz CT molecular complexity index is 1740. The van der Waals surface area contributed by atoms with Crippen molar-refractivity contribution in [3.63, 3.8) is 0 Å². The highest BCUT2D eigenvalue weighted by Crippen LogP contribution is 2.39. The van der Waals surface area contributed by atoms with E-state index in [-0.39, 0.29) is 52.0 Å². The molecule has 2 aromatic carbocycles. The second-order valence-electron chi connectivity index (χ2n) is 9.50. The van der Waals surface area contributed by atoms with Crippen LogP contribution in [0, 0.1) is 11.6 Å². The van der Waals surface area contributed by atoms with E-state index < -0.39 is 34.9 Å². The Labute approximate surface area is 235 Å². The SMILES string of the molecule is CCCOc1ccc(-c2ccc(C(C)(C(=O)O)n3cc4nc(-c5cccc(F)c5F)nc-4cn3)cn2)c(C(F)(F)F)c1. The van der Waals surface area contributed by atoms with Gasteiger partial charge in [-0.3, -0.25) is 4.98 Å². The predicted molar refractivity (Wildman–Crippen MR) is 141 cm³/mol. The first kappa shape index (κ1) is 28.6. The topological polar surface area (TPSA) is 103 Å². The molecule has 1 unspecified atom stereocenters. The molecule has 0 saturated carbocycles. The maximum Gasteiger partial charge on any atom is 0.417 e. The normalized spacial score (nSPS) is 13.2. The lowest BCUT2D eigenvalue weighted by Gasteiger charge is -2.27. The van der Waals surface area contributed by atoms with Gasteiger partial charge in [0.2, 0.25) is 0 Å². The maximum atomic E-state index is 14.3. The molecular weight excluding hydrogens is 561 g/mol. The van der Waals surface area contributed by atoms with Gasteiger partial charge in [-0.15, -0.1) is 0 Å². The summed E-state index contributed by atoms with van der Waals surface area (Å²) in [7, 11) is 0. The Balaban J connectivity index is 1.53. The lowest BCUT2D eigenvalue weighted by Crippen LogP contribution is -2.41. The molecule has 0 bridgehead atoms. The first-order valence-corrected chi connectivity index (χ1v) is 12.6. The lowest BCUT2D eigenvalue weighted by atomic mass is 9.92. The van der Waals surface area contributed by atoms with E-state index in [9.17, 15) is 31.9 Å². The van der Waals surface area contributed by atoms with Crippen LogP contribution in [0.5, 0.6) is 5.75 Å². The molecule has 1 aromatic heterocycles. The minimum atomic E-state index is -4.69. The van der Waals surface area contributed by atoms with Gasteiger partial charge in [-0.05, 0) is 49.7 Å². The molecule has 0 fully saturated rings. The van der Waals surface area contributed by atoms with Gasteiger partial charge in [0.05, 0.1) is 35.8 Å². The van der Waals surface area contributed by atoms with E-state index in [2.05, 4.69) is 20.1 Å². The number of imidazole rings is 1. The van der Waals surface area contributed by atoms with Gasteiger partial charge in [-0.25, -0.2) is 28.2 Å². The maximum absolute atomic E-state index is 14.3. The Hall–Kier alpha value is -4.94. The van der Waals surface area contributed by atoms with E-state index in [1.807, 2.05) is 6.92 Å². The van der Waals surface area contributed by atoms with Gasteiger partial charge in [0.1, 0.15) is 17.1 Å². The van der Waals surface area contributed by atoms with Crippen LogP contribution in [0.4, 0.5) is 22.0 Å². The summed E-state index contributed by atoms with van der Waals surface area (Å²) in [5.41, 5.74) is -2.78. The molecule has 5 rings (SSSR count). The van der Waals surface area contributed by atoms with Crippen LogP contribution in [0.15, 0.2) is 67.1 Å². The van der Waals surface area contributed by atoms with Crippen molar-refractivity contribution >= 4 is 5.97 Å². The molecule has 2 aliphatic heterocycles. The van der Waals surface area contributed by atoms with Crippen molar-refractivity contribution < 1.29 is 36.6 Å². The van der Waals surface area contributed by atoms with E-state index in [0.717, 1.165) is 23.0 Å². The number of aromatic nitrogens is 5. The number of ether oxygens (including phenoxy) is 1. The fourth-order valence-electron chi connectivity index (χ4n) is 4.35. The number of halogens is 5. The van der Waals surface area contributed by atoms with Crippen LogP contribution in [0.1, 0.15) is 31.4 Å². The van der Waals surface area contributed by atoms with Crippen LogP contribution >= 0.6 is 0 Å². The first-order chi connectivity index (χ1) is 19.9. The Kier molecular flexibility index (Phi) is 7.35. The van der Waals surface area contributed by atoms with Crippen LogP contribution < -0.4 is 4.74 Å². The predicted octanol–water partition coefficient (Wildman–Crippen LogP) is 6.44. The van der Waals surface area contributed by atoms with Crippen LogP contribution in [-0.4, -0.2) is 42.4 Å². The van der Waals surface area contributed by atoms with Crippen molar-refractivity contribution in [2.24, 2.45) is 0 Å². The molecule has 0 aliphatic carbocycles. The van der Waals surface area contributed by atoms with Crippen molar-refractivity contribution in [1.82, 2.24) is 24.7 Å². The molecule has 0 spiro atoms. The van der Waals surface area contributed by atoms with Crippen molar-refractivity contribution in [1.29, 1.82) is 0 Å². The molecule has 8 nitrogen and oxygen atoms in total.